The summed E-state index contributed by atoms with van der Waals surface area (Å²) in [5.41, 5.74) is 0. The third-order valence-corrected chi connectivity index (χ3v) is 3.08. The van der Waals surface area contributed by atoms with Gasteiger partial charge < -0.3 is 23.7 Å². The second kappa shape index (κ2) is 13.5. The lowest BCUT2D eigenvalue weighted by atomic mass is 10.2. The van der Waals surface area contributed by atoms with Crippen LogP contribution in [0.2, 0.25) is 0 Å². The van der Waals surface area contributed by atoms with Gasteiger partial charge in [-0.15, -0.1) is 0 Å². The summed E-state index contributed by atoms with van der Waals surface area (Å²) in [5, 5.41) is 0. The molecule has 0 N–H and O–H groups in total. The fraction of sp³-hybridized carbons (Fsp3) is 1.00. The molecule has 0 amide bonds. The van der Waals surface area contributed by atoms with Gasteiger partial charge in [-0.2, -0.15) is 0 Å². The molecule has 1 heterocycles. The van der Waals surface area contributed by atoms with E-state index in [0.29, 0.717) is 39.6 Å². The summed E-state index contributed by atoms with van der Waals surface area (Å²) in [6.45, 7) is 5.28. The molecule has 0 aliphatic carbocycles. The molecule has 1 rings (SSSR count). The molecule has 1 aliphatic heterocycles. The van der Waals surface area contributed by atoms with Crippen LogP contribution in [0.1, 0.15) is 19.3 Å². The minimum Gasteiger partial charge on any atom is -0.378 e. The van der Waals surface area contributed by atoms with Gasteiger partial charge in [0.05, 0.1) is 46.2 Å². The van der Waals surface area contributed by atoms with Crippen molar-refractivity contribution in [1.82, 2.24) is 0 Å². The zero-order chi connectivity index (χ0) is 13.6. The van der Waals surface area contributed by atoms with Crippen molar-refractivity contribution in [2.75, 3.05) is 57.3 Å². The summed E-state index contributed by atoms with van der Waals surface area (Å²) in [6, 6.07) is 0. The molecule has 19 heavy (non-hydrogen) atoms. The number of halogens is 1. The van der Waals surface area contributed by atoms with E-state index in [0.717, 1.165) is 30.5 Å². The zero-order valence-electron chi connectivity index (χ0n) is 11.5. The minimum absolute atomic E-state index is 0.0244. The minimum atomic E-state index is -0.0244. The Balaban J connectivity index is 1.71. The number of alkyl halides is 1. The molecule has 1 atom stereocenters. The van der Waals surface area contributed by atoms with Gasteiger partial charge in [0, 0.05) is 11.0 Å². The average Bonchev–Trinajstić information content (AvgIpc) is 2.46. The Kier molecular flexibility index (Phi) is 12.5. The molecule has 5 nitrogen and oxygen atoms in total. The first-order valence-electron chi connectivity index (χ1n) is 6.96. The molecular formula is C13H25IO5. The van der Waals surface area contributed by atoms with Crippen LogP contribution < -0.4 is 0 Å². The van der Waals surface area contributed by atoms with E-state index in [1.54, 1.807) is 0 Å². The molecule has 0 saturated carbocycles. The number of ether oxygens (including phenoxy) is 5. The molecule has 1 aliphatic rings. The molecule has 0 aromatic carbocycles. The van der Waals surface area contributed by atoms with Gasteiger partial charge in [-0.1, -0.05) is 22.6 Å². The number of hydrogen-bond donors (Lipinski definition) is 0. The Labute approximate surface area is 129 Å². The van der Waals surface area contributed by atoms with Crippen LogP contribution in [0.4, 0.5) is 0 Å². The summed E-state index contributed by atoms with van der Waals surface area (Å²) in [4.78, 5) is 0. The highest BCUT2D eigenvalue weighted by Crippen LogP contribution is 2.13. The molecule has 0 aromatic heterocycles. The van der Waals surface area contributed by atoms with Gasteiger partial charge in [-0.25, -0.2) is 0 Å². The van der Waals surface area contributed by atoms with Crippen LogP contribution in [0.15, 0.2) is 0 Å². The molecule has 114 valence electrons. The van der Waals surface area contributed by atoms with E-state index in [-0.39, 0.29) is 6.29 Å². The standard InChI is InChI=1S/C13H25IO5/c14-4-6-15-7-8-16-9-10-17-11-12-19-13-3-1-2-5-18-13/h13H,1-12H2. The first-order valence-corrected chi connectivity index (χ1v) is 8.48. The zero-order valence-corrected chi connectivity index (χ0v) is 13.6. The van der Waals surface area contributed by atoms with E-state index >= 15 is 0 Å². The molecule has 0 radical (unpaired) electrons. The van der Waals surface area contributed by atoms with Crippen molar-refractivity contribution < 1.29 is 23.7 Å². The monoisotopic (exact) mass is 388 g/mol. The van der Waals surface area contributed by atoms with Gasteiger partial charge in [0.1, 0.15) is 0 Å². The SMILES string of the molecule is ICCOCCOCCOCCOC1CCCCO1. The smallest absolute Gasteiger partial charge is 0.157 e. The predicted molar refractivity (Wildman–Crippen MR) is 80.9 cm³/mol. The quantitative estimate of drug-likeness (QED) is 0.291. The van der Waals surface area contributed by atoms with Crippen molar-refractivity contribution in [2.45, 2.75) is 25.6 Å². The van der Waals surface area contributed by atoms with E-state index in [9.17, 15) is 0 Å². The second-order valence-electron chi connectivity index (χ2n) is 4.19. The maximum atomic E-state index is 5.55. The lowest BCUT2D eigenvalue weighted by Crippen LogP contribution is -2.24. The third kappa shape index (κ3) is 10.9. The van der Waals surface area contributed by atoms with Crippen LogP contribution in [-0.2, 0) is 23.7 Å². The van der Waals surface area contributed by atoms with Crippen molar-refractivity contribution in [3.8, 4) is 0 Å². The first kappa shape index (κ1) is 17.6. The fourth-order valence-corrected chi connectivity index (χ4v) is 1.99. The summed E-state index contributed by atoms with van der Waals surface area (Å²) < 4.78 is 28.1. The van der Waals surface area contributed by atoms with E-state index < -0.39 is 0 Å². The highest BCUT2D eigenvalue weighted by molar-refractivity contribution is 14.1. The van der Waals surface area contributed by atoms with Crippen molar-refractivity contribution in [3.63, 3.8) is 0 Å². The molecule has 6 heteroatoms. The van der Waals surface area contributed by atoms with Crippen molar-refractivity contribution >= 4 is 22.6 Å². The van der Waals surface area contributed by atoms with Gasteiger partial charge in [-0.05, 0) is 19.3 Å². The molecule has 1 fully saturated rings. The van der Waals surface area contributed by atoms with E-state index in [4.69, 9.17) is 23.7 Å². The van der Waals surface area contributed by atoms with Gasteiger partial charge in [0.25, 0.3) is 0 Å². The first-order chi connectivity index (χ1) is 9.43. The van der Waals surface area contributed by atoms with Gasteiger partial charge >= 0.3 is 0 Å². The molecule has 1 saturated heterocycles. The van der Waals surface area contributed by atoms with Crippen LogP contribution in [0.5, 0.6) is 0 Å². The van der Waals surface area contributed by atoms with Gasteiger partial charge in [0.15, 0.2) is 6.29 Å². The second-order valence-corrected chi connectivity index (χ2v) is 5.27. The summed E-state index contributed by atoms with van der Waals surface area (Å²) in [6.07, 6.45) is 3.32. The Hall–Kier alpha value is 0.530. The van der Waals surface area contributed by atoms with Crippen LogP contribution in [-0.4, -0.2) is 63.6 Å². The molecule has 1 unspecified atom stereocenters. The van der Waals surface area contributed by atoms with Crippen LogP contribution >= 0.6 is 22.6 Å². The Bertz CT molecular complexity index is 188. The fourth-order valence-electron chi connectivity index (χ4n) is 1.68. The molecule has 0 spiro atoms. The van der Waals surface area contributed by atoms with Crippen LogP contribution in [0.25, 0.3) is 0 Å². The van der Waals surface area contributed by atoms with Gasteiger partial charge in [0.2, 0.25) is 0 Å². The van der Waals surface area contributed by atoms with Crippen LogP contribution in [0.3, 0.4) is 0 Å². The van der Waals surface area contributed by atoms with Gasteiger partial charge in [-0.3, -0.25) is 0 Å². The lowest BCUT2D eigenvalue weighted by molar-refractivity contribution is -0.169. The van der Waals surface area contributed by atoms with Crippen molar-refractivity contribution in [1.29, 1.82) is 0 Å². The summed E-state index contributed by atoms with van der Waals surface area (Å²) >= 11 is 2.28. The molecular weight excluding hydrogens is 363 g/mol. The maximum absolute atomic E-state index is 5.55. The summed E-state index contributed by atoms with van der Waals surface area (Å²) in [5.74, 6) is 0. The van der Waals surface area contributed by atoms with E-state index in [1.807, 2.05) is 0 Å². The highest BCUT2D eigenvalue weighted by Gasteiger charge is 2.13. The number of rotatable bonds is 12. The van der Waals surface area contributed by atoms with E-state index in [2.05, 4.69) is 22.6 Å². The Morgan fingerprint density at radius 3 is 2.05 bits per heavy atom. The largest absolute Gasteiger partial charge is 0.378 e. The number of hydrogen-bond acceptors (Lipinski definition) is 5. The van der Waals surface area contributed by atoms with Crippen molar-refractivity contribution in [3.05, 3.63) is 0 Å². The topological polar surface area (TPSA) is 46.2 Å². The van der Waals surface area contributed by atoms with E-state index in [1.165, 1.54) is 6.42 Å². The average molecular weight is 388 g/mol. The molecule has 0 aromatic rings. The Morgan fingerprint density at radius 1 is 0.842 bits per heavy atom. The highest BCUT2D eigenvalue weighted by atomic mass is 127. The van der Waals surface area contributed by atoms with Crippen molar-refractivity contribution in [2.24, 2.45) is 0 Å². The third-order valence-electron chi connectivity index (χ3n) is 2.63. The predicted octanol–water partition coefficient (Wildman–Crippen LogP) is 2.01. The normalized spacial score (nSPS) is 19.7. The maximum Gasteiger partial charge on any atom is 0.157 e. The summed E-state index contributed by atoms with van der Waals surface area (Å²) in [7, 11) is 0. The lowest BCUT2D eigenvalue weighted by Gasteiger charge is -2.22. The molecule has 0 bridgehead atoms. The Morgan fingerprint density at radius 2 is 1.47 bits per heavy atom. The van der Waals surface area contributed by atoms with Crippen LogP contribution in [0, 0.1) is 0 Å².